The van der Waals surface area contributed by atoms with E-state index in [0.717, 1.165) is 0 Å². The molecule has 0 aromatic carbocycles. The molecule has 0 saturated heterocycles. The zero-order chi connectivity index (χ0) is 15.9. The summed E-state index contributed by atoms with van der Waals surface area (Å²) in [6.45, 7) is 2.67. The lowest BCUT2D eigenvalue weighted by Crippen LogP contribution is -2.52. The highest BCUT2D eigenvalue weighted by atomic mass is 31.1. The molecule has 0 aliphatic carbocycles. The molecule has 0 bridgehead atoms. The summed E-state index contributed by atoms with van der Waals surface area (Å²) < 4.78 is 10.5. The van der Waals surface area contributed by atoms with E-state index >= 15 is 0 Å². The molecule has 4 atom stereocenters. The van der Waals surface area contributed by atoms with Crippen molar-refractivity contribution >= 4 is 25.8 Å². The van der Waals surface area contributed by atoms with Crippen LogP contribution in [0.1, 0.15) is 20.3 Å². The van der Waals surface area contributed by atoms with E-state index in [1.54, 1.807) is 0 Å². The van der Waals surface area contributed by atoms with Crippen LogP contribution >= 0.6 is 8.03 Å². The van der Waals surface area contributed by atoms with E-state index in [9.17, 15) is 18.9 Å². The Morgan fingerprint density at radius 1 is 1.15 bits per heavy atom. The van der Waals surface area contributed by atoms with Gasteiger partial charge in [-0.05, 0) is 20.3 Å². The van der Waals surface area contributed by atoms with E-state index in [2.05, 4.69) is 10.6 Å². The van der Waals surface area contributed by atoms with Gasteiger partial charge in [-0.15, -0.1) is 0 Å². The fourth-order valence-corrected chi connectivity index (χ4v) is 1.75. The number of rotatable bonds is 8. The second-order valence-electron chi connectivity index (χ2n) is 4.34. The Morgan fingerprint density at radius 2 is 1.65 bits per heavy atom. The molecule has 0 radical (unpaired) electrons. The number of nitrogens with two attached hydrogens (primary N) is 1. The minimum absolute atomic E-state index is 0.0278. The molecule has 6 N–H and O–H groups in total. The maximum Gasteiger partial charge on any atom is 0.325 e. The Bertz CT molecular complexity index is 402. The molecule has 10 heteroatoms. The zero-order valence-corrected chi connectivity index (χ0v) is 12.3. The van der Waals surface area contributed by atoms with Gasteiger partial charge in [0.25, 0.3) is 0 Å². The highest BCUT2D eigenvalue weighted by Gasteiger charge is 2.22. The molecular weight excluding hydrogens is 289 g/mol. The van der Waals surface area contributed by atoms with E-state index in [0.29, 0.717) is 0 Å². The maximum atomic E-state index is 11.6. The summed E-state index contributed by atoms with van der Waals surface area (Å²) in [5, 5.41) is 13.1. The Morgan fingerprint density at radius 3 is 2.10 bits per heavy atom. The fourth-order valence-electron chi connectivity index (χ4n) is 1.20. The van der Waals surface area contributed by atoms with Crippen LogP contribution in [0.4, 0.5) is 0 Å². The van der Waals surface area contributed by atoms with Gasteiger partial charge in [-0.25, -0.2) is 0 Å². The lowest BCUT2D eigenvalue weighted by Gasteiger charge is -2.18. The predicted molar refractivity (Wildman–Crippen MR) is 71.5 cm³/mol. The second kappa shape index (κ2) is 8.68. The van der Waals surface area contributed by atoms with Crippen molar-refractivity contribution in [2.75, 3.05) is 6.16 Å². The van der Waals surface area contributed by atoms with E-state index in [4.69, 9.17) is 15.7 Å². The first kappa shape index (κ1) is 18.6. The standard InChI is InChI=1S/C10H20N3O6P/c1-5(8(14)13-6(2)10(16)17)12-9(15)7(11)3-4-20(18)19/h5-7,20H,3-4,11H2,1-2H3,(H,12,15)(H,13,14)(H,16,17)(H,18,19)/t5-,6-,7?/m0/s1. The van der Waals surface area contributed by atoms with Gasteiger partial charge < -0.3 is 26.4 Å². The third-order valence-corrected chi connectivity index (χ3v) is 3.20. The number of carboxylic acid groups (broad SMARTS) is 1. The van der Waals surface area contributed by atoms with Crippen molar-refractivity contribution in [1.82, 2.24) is 10.6 Å². The van der Waals surface area contributed by atoms with Crippen LogP contribution in [-0.2, 0) is 18.9 Å². The van der Waals surface area contributed by atoms with E-state index < -0.39 is 43.9 Å². The molecule has 0 heterocycles. The smallest absolute Gasteiger partial charge is 0.325 e. The molecule has 0 aliphatic heterocycles. The van der Waals surface area contributed by atoms with Crippen molar-refractivity contribution in [3.63, 3.8) is 0 Å². The van der Waals surface area contributed by atoms with Gasteiger partial charge in [0, 0.05) is 6.16 Å². The first-order valence-electron chi connectivity index (χ1n) is 5.96. The summed E-state index contributed by atoms with van der Waals surface area (Å²) in [5.41, 5.74) is 5.49. The molecule has 0 spiro atoms. The number of hydrogen-bond acceptors (Lipinski definition) is 5. The number of aliphatic carboxylic acids is 1. The third-order valence-electron chi connectivity index (χ3n) is 2.49. The lowest BCUT2D eigenvalue weighted by molar-refractivity contribution is -0.141. The number of hydrogen-bond donors (Lipinski definition) is 5. The van der Waals surface area contributed by atoms with Gasteiger partial charge in [0.05, 0.1) is 6.04 Å². The first-order valence-corrected chi connectivity index (χ1v) is 7.52. The topological polar surface area (TPSA) is 159 Å². The molecule has 0 saturated carbocycles. The van der Waals surface area contributed by atoms with Crippen molar-refractivity contribution in [2.24, 2.45) is 5.73 Å². The molecule has 0 aromatic rings. The molecular formula is C10H20N3O6P. The normalized spacial score (nSPS) is 16.6. The minimum Gasteiger partial charge on any atom is -0.480 e. The van der Waals surface area contributed by atoms with Crippen LogP contribution in [0, 0.1) is 0 Å². The second-order valence-corrected chi connectivity index (χ2v) is 5.63. The molecule has 0 fully saturated rings. The van der Waals surface area contributed by atoms with Crippen LogP contribution in [0.3, 0.4) is 0 Å². The average Bonchev–Trinajstić information content (AvgIpc) is 2.35. The molecule has 2 unspecified atom stereocenters. The van der Waals surface area contributed by atoms with Crippen molar-refractivity contribution in [2.45, 2.75) is 38.4 Å². The molecule has 116 valence electrons. The molecule has 20 heavy (non-hydrogen) atoms. The molecule has 0 aromatic heterocycles. The number of nitrogens with one attached hydrogen (secondary N) is 2. The van der Waals surface area contributed by atoms with Crippen molar-refractivity contribution in [1.29, 1.82) is 0 Å². The van der Waals surface area contributed by atoms with Gasteiger partial charge >= 0.3 is 5.97 Å². The van der Waals surface area contributed by atoms with Crippen molar-refractivity contribution in [3.05, 3.63) is 0 Å². The molecule has 2 amide bonds. The summed E-state index contributed by atoms with van der Waals surface area (Å²) in [5.74, 6) is -2.49. The summed E-state index contributed by atoms with van der Waals surface area (Å²) in [6, 6.07) is -3.03. The van der Waals surface area contributed by atoms with Crippen LogP contribution in [0.2, 0.25) is 0 Å². The average molecular weight is 309 g/mol. The summed E-state index contributed by atoms with van der Waals surface area (Å²) in [7, 11) is -2.69. The Hall–Kier alpha value is -1.44. The Balaban J connectivity index is 4.27. The maximum absolute atomic E-state index is 11.6. The Kier molecular flexibility index (Phi) is 8.05. The number of carbonyl (C=O) groups excluding carboxylic acids is 2. The van der Waals surface area contributed by atoms with Crippen LogP contribution in [0.25, 0.3) is 0 Å². The number of amides is 2. The summed E-state index contributed by atoms with van der Waals surface area (Å²) in [4.78, 5) is 42.4. The summed E-state index contributed by atoms with van der Waals surface area (Å²) in [6.07, 6.45) is -0.0458. The van der Waals surface area contributed by atoms with Gasteiger partial charge in [-0.3, -0.25) is 18.9 Å². The molecule has 0 rings (SSSR count). The fraction of sp³-hybridized carbons (Fsp3) is 0.700. The van der Waals surface area contributed by atoms with Crippen LogP contribution in [0.5, 0.6) is 0 Å². The third kappa shape index (κ3) is 7.22. The van der Waals surface area contributed by atoms with Crippen LogP contribution in [0.15, 0.2) is 0 Å². The quantitative estimate of drug-likeness (QED) is 0.333. The van der Waals surface area contributed by atoms with Gasteiger partial charge in [0.15, 0.2) is 8.03 Å². The highest BCUT2D eigenvalue weighted by Crippen LogP contribution is 2.14. The van der Waals surface area contributed by atoms with Crippen LogP contribution in [-0.4, -0.2) is 52.1 Å². The van der Waals surface area contributed by atoms with E-state index in [1.807, 2.05) is 0 Å². The number of carboxylic acids is 1. The molecule has 9 nitrogen and oxygen atoms in total. The lowest BCUT2D eigenvalue weighted by atomic mass is 10.2. The van der Waals surface area contributed by atoms with Crippen LogP contribution < -0.4 is 16.4 Å². The van der Waals surface area contributed by atoms with Gasteiger partial charge in [-0.2, -0.15) is 0 Å². The van der Waals surface area contributed by atoms with Crippen molar-refractivity contribution < 1.29 is 28.9 Å². The predicted octanol–water partition coefficient (Wildman–Crippen LogP) is -1.74. The van der Waals surface area contributed by atoms with Gasteiger partial charge in [0.1, 0.15) is 12.1 Å². The zero-order valence-electron chi connectivity index (χ0n) is 11.3. The first-order chi connectivity index (χ1) is 9.15. The van der Waals surface area contributed by atoms with Gasteiger partial charge in [0.2, 0.25) is 11.8 Å². The molecule has 0 aliphatic rings. The summed E-state index contributed by atoms with van der Waals surface area (Å²) >= 11 is 0. The Labute approximate surface area is 116 Å². The van der Waals surface area contributed by atoms with Crippen molar-refractivity contribution in [3.8, 4) is 0 Å². The number of carbonyl (C=O) groups is 3. The highest BCUT2D eigenvalue weighted by molar-refractivity contribution is 7.37. The largest absolute Gasteiger partial charge is 0.480 e. The monoisotopic (exact) mass is 309 g/mol. The minimum atomic E-state index is -2.69. The van der Waals surface area contributed by atoms with E-state index in [1.165, 1.54) is 13.8 Å². The SMILES string of the molecule is C[C@H](NC(=O)[C@H](C)NC(=O)C(N)CC[PH](=O)O)C(=O)O. The van der Waals surface area contributed by atoms with Gasteiger partial charge in [-0.1, -0.05) is 0 Å². The van der Waals surface area contributed by atoms with E-state index in [-0.39, 0.29) is 12.6 Å².